The van der Waals surface area contributed by atoms with E-state index in [0.29, 0.717) is 28.8 Å². The molecular weight excluding hydrogens is 294 g/mol. The van der Waals surface area contributed by atoms with Gasteiger partial charge in [0.1, 0.15) is 5.56 Å². The Morgan fingerprint density at radius 3 is 2.74 bits per heavy atom. The number of H-pyrrole nitrogens is 2. The summed E-state index contributed by atoms with van der Waals surface area (Å²) in [5, 5.41) is 3.27. The molecule has 0 bridgehead atoms. The van der Waals surface area contributed by atoms with Crippen molar-refractivity contribution in [3.05, 3.63) is 44.7 Å². The molecule has 1 fully saturated rings. The van der Waals surface area contributed by atoms with Gasteiger partial charge in [0.05, 0.1) is 6.04 Å². The van der Waals surface area contributed by atoms with Gasteiger partial charge in [-0.05, 0) is 25.8 Å². The number of aryl methyl sites for hydroxylation is 1. The first-order chi connectivity index (χ1) is 11.1. The van der Waals surface area contributed by atoms with Crippen LogP contribution < -0.4 is 11.1 Å². The Kier molecular flexibility index (Phi) is 3.14. The van der Waals surface area contributed by atoms with E-state index in [1.54, 1.807) is 6.07 Å². The van der Waals surface area contributed by atoms with E-state index in [2.05, 4.69) is 20.1 Å². The summed E-state index contributed by atoms with van der Waals surface area (Å²) in [5.74, 6) is 0.920. The summed E-state index contributed by atoms with van der Waals surface area (Å²) in [6.07, 6.45) is 6.07. The average molecular weight is 311 g/mol. The fourth-order valence-electron chi connectivity index (χ4n) is 3.36. The lowest BCUT2D eigenvalue weighted by Crippen LogP contribution is -2.17. The van der Waals surface area contributed by atoms with Crippen LogP contribution in [0.1, 0.15) is 37.4 Å². The van der Waals surface area contributed by atoms with Crippen LogP contribution >= 0.6 is 0 Å². The monoisotopic (exact) mass is 311 g/mol. The van der Waals surface area contributed by atoms with Crippen molar-refractivity contribution in [1.82, 2.24) is 24.7 Å². The van der Waals surface area contributed by atoms with E-state index in [9.17, 15) is 9.59 Å². The Balaban J connectivity index is 1.94. The van der Waals surface area contributed by atoms with Crippen LogP contribution in [0.2, 0.25) is 0 Å². The first kappa shape index (κ1) is 13.9. The third-order valence-corrected chi connectivity index (χ3v) is 4.47. The van der Waals surface area contributed by atoms with Crippen LogP contribution in [0.25, 0.3) is 22.8 Å². The number of nitrogens with zero attached hydrogens (tertiary/aromatic N) is 3. The maximum Gasteiger partial charge on any atom is 0.284 e. The lowest BCUT2D eigenvalue weighted by Gasteiger charge is -2.13. The van der Waals surface area contributed by atoms with Crippen molar-refractivity contribution in [2.45, 2.75) is 38.6 Å². The van der Waals surface area contributed by atoms with E-state index in [0.717, 1.165) is 18.5 Å². The van der Waals surface area contributed by atoms with Gasteiger partial charge in [-0.25, -0.2) is 4.98 Å². The van der Waals surface area contributed by atoms with Crippen molar-refractivity contribution in [3.63, 3.8) is 0 Å². The lowest BCUT2D eigenvalue weighted by molar-refractivity contribution is 0.466. The SMILES string of the molecule is Cc1[nH]n(C2CCCC2)c2nc(-c3cc[nH]c(=O)c3)nc(=O)c1-2. The van der Waals surface area contributed by atoms with Crippen LogP contribution in [0.5, 0.6) is 0 Å². The van der Waals surface area contributed by atoms with Gasteiger partial charge in [0, 0.05) is 23.5 Å². The molecule has 1 aromatic rings. The minimum absolute atomic E-state index is 0.243. The smallest absolute Gasteiger partial charge is 0.284 e. The molecule has 0 saturated heterocycles. The Bertz CT molecular complexity index is 946. The van der Waals surface area contributed by atoms with Crippen molar-refractivity contribution in [1.29, 1.82) is 0 Å². The second kappa shape index (κ2) is 5.19. The summed E-state index contributed by atoms with van der Waals surface area (Å²) >= 11 is 0. The Labute approximate surface area is 131 Å². The molecule has 1 aromatic heterocycles. The highest BCUT2D eigenvalue weighted by atomic mass is 16.1. The zero-order valence-electron chi connectivity index (χ0n) is 12.8. The molecule has 4 rings (SSSR count). The second-order valence-corrected chi connectivity index (χ2v) is 6.04. The Morgan fingerprint density at radius 2 is 2.00 bits per heavy atom. The molecule has 118 valence electrons. The fourth-order valence-corrected chi connectivity index (χ4v) is 3.36. The van der Waals surface area contributed by atoms with E-state index < -0.39 is 0 Å². The first-order valence-electron chi connectivity index (χ1n) is 7.81. The van der Waals surface area contributed by atoms with Crippen molar-refractivity contribution in [2.75, 3.05) is 0 Å². The molecule has 1 aliphatic carbocycles. The summed E-state index contributed by atoms with van der Waals surface area (Å²) in [6.45, 7) is 1.87. The largest absolute Gasteiger partial charge is 0.329 e. The molecule has 0 amide bonds. The zero-order valence-corrected chi connectivity index (χ0v) is 12.8. The molecule has 2 N–H and O–H groups in total. The summed E-state index contributed by atoms with van der Waals surface area (Å²) in [5.41, 5.74) is 1.31. The summed E-state index contributed by atoms with van der Waals surface area (Å²) in [4.78, 5) is 35.1. The number of hydrogen-bond donors (Lipinski definition) is 2. The van der Waals surface area contributed by atoms with Gasteiger partial charge in [-0.15, -0.1) is 0 Å². The standard InChI is InChI=1S/C16H17N5O2/c1-9-13-15(21(20-9)11-4-2-3-5-11)18-14(19-16(13)23)10-6-7-17-12(22)8-10/h6-8,11,20H,2-5H2,1H3,(H,17,22). The number of pyridine rings is 1. The maximum absolute atomic E-state index is 12.4. The van der Waals surface area contributed by atoms with E-state index in [4.69, 9.17) is 0 Å². The topological polar surface area (TPSA) is 96.4 Å². The van der Waals surface area contributed by atoms with E-state index >= 15 is 0 Å². The van der Waals surface area contributed by atoms with Gasteiger partial charge in [0.25, 0.3) is 5.56 Å². The molecule has 23 heavy (non-hydrogen) atoms. The maximum atomic E-state index is 12.4. The second-order valence-electron chi connectivity index (χ2n) is 6.04. The predicted molar refractivity (Wildman–Crippen MR) is 85.6 cm³/mol. The number of hydrogen-bond acceptors (Lipinski definition) is 4. The fraction of sp³-hybridized carbons (Fsp3) is 0.375. The van der Waals surface area contributed by atoms with Crippen molar-refractivity contribution >= 4 is 0 Å². The third kappa shape index (κ3) is 2.28. The molecule has 3 aliphatic rings. The molecular formula is C16H17N5O2. The highest BCUT2D eigenvalue weighted by Crippen LogP contribution is 2.33. The van der Waals surface area contributed by atoms with Gasteiger partial charge in [0.15, 0.2) is 11.6 Å². The molecule has 2 aliphatic heterocycles. The van der Waals surface area contributed by atoms with Gasteiger partial charge in [-0.2, -0.15) is 4.98 Å². The van der Waals surface area contributed by atoms with Crippen LogP contribution in [0.4, 0.5) is 0 Å². The highest BCUT2D eigenvalue weighted by Gasteiger charge is 2.26. The van der Waals surface area contributed by atoms with Gasteiger partial charge in [-0.3, -0.25) is 14.3 Å². The molecule has 0 radical (unpaired) electrons. The van der Waals surface area contributed by atoms with E-state index in [1.165, 1.54) is 25.1 Å². The minimum atomic E-state index is -0.309. The van der Waals surface area contributed by atoms with Gasteiger partial charge in [0.2, 0.25) is 5.56 Å². The molecule has 3 heterocycles. The summed E-state index contributed by atoms with van der Waals surface area (Å²) < 4.78 is 2.00. The Hall–Kier alpha value is -2.70. The molecule has 1 saturated carbocycles. The van der Waals surface area contributed by atoms with Crippen molar-refractivity contribution in [2.24, 2.45) is 0 Å². The average Bonchev–Trinajstić information content (AvgIpc) is 3.15. The summed E-state index contributed by atoms with van der Waals surface area (Å²) in [6, 6.07) is 3.44. The lowest BCUT2D eigenvalue weighted by atomic mass is 10.2. The van der Waals surface area contributed by atoms with Crippen molar-refractivity contribution < 1.29 is 0 Å². The molecule has 0 aromatic carbocycles. The highest BCUT2D eigenvalue weighted by molar-refractivity contribution is 5.64. The first-order valence-corrected chi connectivity index (χ1v) is 7.81. The normalized spacial score (nSPS) is 15.5. The Morgan fingerprint density at radius 1 is 1.22 bits per heavy atom. The van der Waals surface area contributed by atoms with Crippen molar-refractivity contribution in [3.8, 4) is 22.8 Å². The van der Waals surface area contributed by atoms with Crippen LogP contribution in [0.3, 0.4) is 0 Å². The summed E-state index contributed by atoms with van der Waals surface area (Å²) in [7, 11) is 0. The third-order valence-electron chi connectivity index (χ3n) is 4.47. The number of aromatic nitrogens is 5. The molecule has 0 atom stereocenters. The predicted octanol–water partition coefficient (Wildman–Crippen LogP) is 1.85. The van der Waals surface area contributed by atoms with Gasteiger partial charge < -0.3 is 10.1 Å². The van der Waals surface area contributed by atoms with E-state index in [1.807, 2.05) is 11.6 Å². The van der Waals surface area contributed by atoms with Crippen LogP contribution in [-0.2, 0) is 0 Å². The van der Waals surface area contributed by atoms with E-state index in [-0.39, 0.29) is 11.1 Å². The van der Waals surface area contributed by atoms with Crippen LogP contribution in [0, 0.1) is 6.92 Å². The van der Waals surface area contributed by atoms with Gasteiger partial charge in [-0.1, -0.05) is 12.8 Å². The quantitative estimate of drug-likeness (QED) is 0.755. The number of aromatic amines is 2. The van der Waals surface area contributed by atoms with Crippen LogP contribution in [-0.4, -0.2) is 24.7 Å². The molecule has 0 unspecified atom stereocenters. The molecule has 0 spiro atoms. The van der Waals surface area contributed by atoms with Gasteiger partial charge >= 0.3 is 0 Å². The number of fused-ring (bicyclic) bond motifs is 1. The number of nitrogens with one attached hydrogen (secondary N) is 2. The zero-order chi connectivity index (χ0) is 16.0. The minimum Gasteiger partial charge on any atom is -0.329 e. The number of rotatable bonds is 2. The molecule has 7 nitrogen and oxygen atoms in total. The molecule has 7 heteroatoms. The van der Waals surface area contributed by atoms with Crippen LogP contribution in [0.15, 0.2) is 27.9 Å².